The van der Waals surface area contributed by atoms with Crippen molar-refractivity contribution in [3.8, 4) is 17.1 Å². The van der Waals surface area contributed by atoms with E-state index >= 15 is 0 Å². The molecule has 0 unspecified atom stereocenters. The molecule has 0 aliphatic heterocycles. The third kappa shape index (κ3) is 1.69. The van der Waals surface area contributed by atoms with Crippen LogP contribution in [0.1, 0.15) is 5.69 Å². The Bertz CT molecular complexity index is 611. The molecule has 3 heterocycles. The summed E-state index contributed by atoms with van der Waals surface area (Å²) in [5.41, 5.74) is 2.94. The number of hydrogen-bond donors (Lipinski definition) is 1. The Morgan fingerprint density at radius 1 is 1.12 bits per heavy atom. The first-order valence-electron chi connectivity index (χ1n) is 5.17. The molecule has 6 heteroatoms. The summed E-state index contributed by atoms with van der Waals surface area (Å²) >= 11 is 0. The zero-order valence-corrected chi connectivity index (χ0v) is 9.20. The van der Waals surface area contributed by atoms with Gasteiger partial charge in [0.2, 0.25) is 0 Å². The van der Waals surface area contributed by atoms with Gasteiger partial charge in [-0.15, -0.1) is 10.2 Å². The highest BCUT2D eigenvalue weighted by Gasteiger charge is 2.06. The quantitative estimate of drug-likeness (QED) is 0.716. The molecule has 0 amide bonds. The second-order valence-corrected chi connectivity index (χ2v) is 3.64. The largest absolute Gasteiger partial charge is 0.278 e. The maximum absolute atomic E-state index is 4.51. The summed E-state index contributed by atoms with van der Waals surface area (Å²) in [6.45, 7) is 1.96. The molecule has 0 aromatic carbocycles. The summed E-state index contributed by atoms with van der Waals surface area (Å²) < 4.78 is 1.77. The van der Waals surface area contributed by atoms with E-state index in [-0.39, 0.29) is 0 Å². The van der Waals surface area contributed by atoms with Gasteiger partial charge in [0, 0.05) is 17.5 Å². The van der Waals surface area contributed by atoms with E-state index < -0.39 is 0 Å². The Morgan fingerprint density at radius 2 is 1.94 bits per heavy atom. The second kappa shape index (κ2) is 3.82. The summed E-state index contributed by atoms with van der Waals surface area (Å²) in [7, 11) is 0. The van der Waals surface area contributed by atoms with Crippen molar-refractivity contribution >= 4 is 0 Å². The fourth-order valence-electron chi connectivity index (χ4n) is 1.70. The predicted molar refractivity (Wildman–Crippen MR) is 61.5 cm³/mol. The van der Waals surface area contributed by atoms with Crippen LogP contribution < -0.4 is 0 Å². The monoisotopic (exact) mass is 226 g/mol. The predicted octanol–water partition coefficient (Wildman–Crippen LogP) is 1.36. The van der Waals surface area contributed by atoms with E-state index in [0.717, 1.165) is 22.8 Å². The minimum Gasteiger partial charge on any atom is -0.278 e. The highest BCUT2D eigenvalue weighted by atomic mass is 15.2. The van der Waals surface area contributed by atoms with Gasteiger partial charge in [0.05, 0.1) is 5.69 Å². The van der Waals surface area contributed by atoms with Crippen LogP contribution in [0.2, 0.25) is 0 Å². The van der Waals surface area contributed by atoms with Gasteiger partial charge >= 0.3 is 0 Å². The highest BCUT2D eigenvalue weighted by molar-refractivity contribution is 5.61. The molecule has 0 radical (unpaired) electrons. The van der Waals surface area contributed by atoms with Crippen LogP contribution >= 0.6 is 0 Å². The summed E-state index contributed by atoms with van der Waals surface area (Å²) in [6, 6.07) is 5.85. The number of pyridine rings is 1. The van der Waals surface area contributed by atoms with Crippen LogP contribution in [0.3, 0.4) is 0 Å². The molecule has 0 atom stereocenters. The van der Waals surface area contributed by atoms with Gasteiger partial charge in [-0.1, -0.05) is 0 Å². The molecule has 6 nitrogen and oxygen atoms in total. The lowest BCUT2D eigenvalue weighted by atomic mass is 10.1. The van der Waals surface area contributed by atoms with Gasteiger partial charge in [0.1, 0.15) is 18.5 Å². The minimum atomic E-state index is 0.802. The average molecular weight is 226 g/mol. The molecule has 84 valence electrons. The lowest BCUT2D eigenvalue weighted by Gasteiger charge is -2.05. The van der Waals surface area contributed by atoms with Crippen LogP contribution in [0, 0.1) is 6.92 Å². The number of aromatic amines is 1. The van der Waals surface area contributed by atoms with Gasteiger partial charge in [-0.25, -0.2) is 4.98 Å². The molecule has 0 fully saturated rings. The standard InChI is InChI=1S/C11H10N6/c1-8-9(10-4-5-12-16-10)2-3-11(15-8)17-6-13-14-7-17/h2-7H,1H3,(H,12,16). The Morgan fingerprint density at radius 3 is 2.59 bits per heavy atom. The van der Waals surface area contributed by atoms with E-state index in [9.17, 15) is 0 Å². The van der Waals surface area contributed by atoms with Crippen molar-refractivity contribution in [3.63, 3.8) is 0 Å². The van der Waals surface area contributed by atoms with E-state index in [2.05, 4.69) is 25.4 Å². The zero-order valence-electron chi connectivity index (χ0n) is 9.20. The lowest BCUT2D eigenvalue weighted by molar-refractivity contribution is 0.972. The third-order valence-electron chi connectivity index (χ3n) is 2.55. The van der Waals surface area contributed by atoms with Crippen LogP contribution in [-0.2, 0) is 0 Å². The molecule has 0 bridgehead atoms. The first-order chi connectivity index (χ1) is 8.34. The Hall–Kier alpha value is -2.50. The third-order valence-corrected chi connectivity index (χ3v) is 2.55. The van der Waals surface area contributed by atoms with Gasteiger partial charge < -0.3 is 0 Å². The molecule has 0 aliphatic rings. The van der Waals surface area contributed by atoms with Crippen LogP contribution in [0.5, 0.6) is 0 Å². The average Bonchev–Trinajstić information content (AvgIpc) is 3.02. The van der Waals surface area contributed by atoms with Gasteiger partial charge in [0.25, 0.3) is 0 Å². The fourth-order valence-corrected chi connectivity index (χ4v) is 1.70. The lowest BCUT2D eigenvalue weighted by Crippen LogP contribution is -1.97. The van der Waals surface area contributed by atoms with Crippen LogP contribution in [-0.4, -0.2) is 29.9 Å². The molecule has 17 heavy (non-hydrogen) atoms. The molecule has 3 aromatic heterocycles. The molecule has 1 N–H and O–H groups in total. The summed E-state index contributed by atoms with van der Waals surface area (Å²) in [5.74, 6) is 0.802. The SMILES string of the molecule is Cc1nc(-n2cnnc2)ccc1-c1ccn[nH]1. The number of aromatic nitrogens is 6. The van der Waals surface area contributed by atoms with E-state index in [1.165, 1.54) is 0 Å². The number of hydrogen-bond acceptors (Lipinski definition) is 4. The minimum absolute atomic E-state index is 0.802. The van der Waals surface area contributed by atoms with Crippen molar-refractivity contribution in [1.29, 1.82) is 0 Å². The molecule has 0 saturated carbocycles. The van der Waals surface area contributed by atoms with Crippen LogP contribution in [0.15, 0.2) is 37.1 Å². The van der Waals surface area contributed by atoms with E-state index in [0.29, 0.717) is 0 Å². The van der Waals surface area contributed by atoms with E-state index in [4.69, 9.17) is 0 Å². The van der Waals surface area contributed by atoms with Gasteiger partial charge in [-0.2, -0.15) is 5.10 Å². The molecular weight excluding hydrogens is 216 g/mol. The first kappa shape index (κ1) is 9.71. The van der Waals surface area contributed by atoms with Gasteiger partial charge in [-0.05, 0) is 25.1 Å². The molecule has 3 rings (SSSR count). The maximum Gasteiger partial charge on any atom is 0.139 e. The van der Waals surface area contributed by atoms with Crippen molar-refractivity contribution < 1.29 is 0 Å². The summed E-state index contributed by atoms with van der Waals surface area (Å²) in [4.78, 5) is 4.51. The van der Waals surface area contributed by atoms with Gasteiger partial charge in [-0.3, -0.25) is 9.67 Å². The maximum atomic E-state index is 4.51. The zero-order chi connectivity index (χ0) is 11.7. The Balaban J connectivity index is 2.06. The number of aryl methyl sites for hydroxylation is 1. The first-order valence-corrected chi connectivity index (χ1v) is 5.17. The second-order valence-electron chi connectivity index (χ2n) is 3.64. The number of rotatable bonds is 2. The number of H-pyrrole nitrogens is 1. The van der Waals surface area contributed by atoms with Crippen LogP contribution in [0.4, 0.5) is 0 Å². The van der Waals surface area contributed by atoms with E-state index in [1.807, 2.05) is 25.1 Å². The van der Waals surface area contributed by atoms with Crippen molar-refractivity contribution in [2.45, 2.75) is 6.92 Å². The van der Waals surface area contributed by atoms with Crippen LogP contribution in [0.25, 0.3) is 17.1 Å². The number of nitrogens with one attached hydrogen (secondary N) is 1. The Kier molecular flexibility index (Phi) is 2.18. The summed E-state index contributed by atoms with van der Waals surface area (Å²) in [5, 5.41) is 14.4. The smallest absolute Gasteiger partial charge is 0.139 e. The Labute approximate surface area is 97.4 Å². The molecule has 0 aliphatic carbocycles. The highest BCUT2D eigenvalue weighted by Crippen LogP contribution is 2.20. The molecule has 0 saturated heterocycles. The molecule has 3 aromatic rings. The molecule has 0 spiro atoms. The van der Waals surface area contributed by atoms with Gasteiger partial charge in [0.15, 0.2) is 0 Å². The van der Waals surface area contributed by atoms with Crippen molar-refractivity contribution in [1.82, 2.24) is 29.9 Å². The number of nitrogens with zero attached hydrogens (tertiary/aromatic N) is 5. The van der Waals surface area contributed by atoms with Crippen molar-refractivity contribution in [3.05, 3.63) is 42.7 Å². The van der Waals surface area contributed by atoms with Crippen molar-refractivity contribution in [2.75, 3.05) is 0 Å². The van der Waals surface area contributed by atoms with Crippen molar-refractivity contribution in [2.24, 2.45) is 0 Å². The fraction of sp³-hybridized carbons (Fsp3) is 0.0909. The molecular formula is C11H10N6. The van der Waals surface area contributed by atoms with E-state index in [1.54, 1.807) is 23.4 Å². The topological polar surface area (TPSA) is 72.3 Å². The normalized spacial score (nSPS) is 10.6. The summed E-state index contributed by atoms with van der Waals surface area (Å²) in [6.07, 6.45) is 4.97.